The van der Waals surface area contributed by atoms with Gasteiger partial charge in [0.1, 0.15) is 0 Å². The molecule has 1 heterocycles. The molecule has 5 heteroatoms. The van der Waals surface area contributed by atoms with Crippen LogP contribution in [0, 0.1) is 0 Å². The van der Waals surface area contributed by atoms with E-state index in [4.69, 9.17) is 15.6 Å². The molecule has 0 radical (unpaired) electrons. The first kappa shape index (κ1) is 8.80. The average Bonchev–Trinajstić information content (AvgIpc) is 2.92. The maximum Gasteiger partial charge on any atom is 0.354 e. The van der Waals surface area contributed by atoms with Gasteiger partial charge in [-0.1, -0.05) is 0 Å². The first-order valence-corrected chi connectivity index (χ1v) is 4.33. The second-order valence-electron chi connectivity index (χ2n) is 3.20. The third kappa shape index (κ3) is 1.76. The standard InChI is InChI=1S/C9H10N2O3/c10-8-7(14-5-1-2-5)4-3-6(11-8)9(12)13/h3-5H,1-2H2,(H2,10,11)(H,12,13). The van der Waals surface area contributed by atoms with Crippen molar-refractivity contribution >= 4 is 11.8 Å². The minimum absolute atomic E-state index is 0.0642. The zero-order valence-corrected chi connectivity index (χ0v) is 7.43. The molecule has 0 unspecified atom stereocenters. The Morgan fingerprint density at radius 2 is 2.29 bits per heavy atom. The fraction of sp³-hybridized carbons (Fsp3) is 0.333. The molecule has 1 aromatic rings. The Bertz CT molecular complexity index is 374. The van der Waals surface area contributed by atoms with E-state index >= 15 is 0 Å². The van der Waals surface area contributed by atoms with Crippen LogP contribution >= 0.6 is 0 Å². The monoisotopic (exact) mass is 194 g/mol. The number of anilines is 1. The summed E-state index contributed by atoms with van der Waals surface area (Å²) in [5.74, 6) is -0.482. The Hall–Kier alpha value is -1.78. The third-order valence-electron chi connectivity index (χ3n) is 1.92. The highest BCUT2D eigenvalue weighted by Crippen LogP contribution is 2.29. The van der Waals surface area contributed by atoms with Crippen molar-refractivity contribution in [2.45, 2.75) is 18.9 Å². The number of carboxylic acid groups (broad SMARTS) is 1. The molecule has 1 aliphatic rings. The Morgan fingerprint density at radius 3 is 2.79 bits per heavy atom. The van der Waals surface area contributed by atoms with Crippen molar-refractivity contribution in [1.29, 1.82) is 0 Å². The summed E-state index contributed by atoms with van der Waals surface area (Å²) in [5.41, 5.74) is 5.47. The fourth-order valence-corrected chi connectivity index (χ4v) is 1.05. The van der Waals surface area contributed by atoms with Crippen molar-refractivity contribution in [2.24, 2.45) is 0 Å². The second-order valence-corrected chi connectivity index (χ2v) is 3.20. The number of ether oxygens (including phenoxy) is 1. The van der Waals surface area contributed by atoms with Gasteiger partial charge in [-0.2, -0.15) is 0 Å². The summed E-state index contributed by atoms with van der Waals surface area (Å²) in [6, 6.07) is 2.93. The van der Waals surface area contributed by atoms with Crippen LogP contribution in [0.3, 0.4) is 0 Å². The summed E-state index contributed by atoms with van der Waals surface area (Å²) < 4.78 is 5.41. The SMILES string of the molecule is Nc1nc(C(=O)O)ccc1OC1CC1. The van der Waals surface area contributed by atoms with Crippen LogP contribution in [0.1, 0.15) is 23.3 Å². The fourth-order valence-electron chi connectivity index (χ4n) is 1.05. The Morgan fingerprint density at radius 1 is 1.57 bits per heavy atom. The van der Waals surface area contributed by atoms with E-state index in [2.05, 4.69) is 4.98 Å². The highest BCUT2D eigenvalue weighted by atomic mass is 16.5. The number of aromatic nitrogens is 1. The van der Waals surface area contributed by atoms with Crippen molar-refractivity contribution in [3.63, 3.8) is 0 Å². The summed E-state index contributed by atoms with van der Waals surface area (Å²) in [6.45, 7) is 0. The number of nitrogens with zero attached hydrogens (tertiary/aromatic N) is 1. The summed E-state index contributed by atoms with van der Waals surface area (Å²) >= 11 is 0. The van der Waals surface area contributed by atoms with Gasteiger partial charge in [-0.15, -0.1) is 0 Å². The van der Waals surface area contributed by atoms with Crippen molar-refractivity contribution < 1.29 is 14.6 Å². The summed E-state index contributed by atoms with van der Waals surface area (Å²) in [6.07, 6.45) is 2.29. The molecule has 1 saturated carbocycles. The number of pyridine rings is 1. The van der Waals surface area contributed by atoms with Gasteiger partial charge in [-0.25, -0.2) is 9.78 Å². The van der Waals surface area contributed by atoms with E-state index < -0.39 is 5.97 Å². The minimum atomic E-state index is -1.09. The number of nitrogen functional groups attached to an aromatic ring is 1. The molecular formula is C9H10N2O3. The Balaban J connectivity index is 2.21. The lowest BCUT2D eigenvalue weighted by atomic mass is 10.3. The number of aromatic carboxylic acids is 1. The first-order valence-electron chi connectivity index (χ1n) is 4.33. The third-order valence-corrected chi connectivity index (χ3v) is 1.92. The molecule has 0 aromatic carbocycles. The summed E-state index contributed by atoms with van der Waals surface area (Å²) in [7, 11) is 0. The molecule has 0 amide bonds. The summed E-state index contributed by atoms with van der Waals surface area (Å²) in [5, 5.41) is 8.64. The lowest BCUT2D eigenvalue weighted by Crippen LogP contribution is -2.06. The Kier molecular flexibility index (Phi) is 1.99. The van der Waals surface area contributed by atoms with Crippen molar-refractivity contribution in [2.75, 3.05) is 5.73 Å². The van der Waals surface area contributed by atoms with E-state index in [0.717, 1.165) is 12.8 Å². The number of hydrogen-bond acceptors (Lipinski definition) is 4. The number of rotatable bonds is 3. The maximum absolute atomic E-state index is 10.5. The van der Waals surface area contributed by atoms with Gasteiger partial charge in [0.15, 0.2) is 17.3 Å². The molecule has 74 valence electrons. The van der Waals surface area contributed by atoms with E-state index in [-0.39, 0.29) is 17.6 Å². The normalized spacial score (nSPS) is 15.1. The van der Waals surface area contributed by atoms with Crippen LogP contribution in [0.15, 0.2) is 12.1 Å². The summed E-state index contributed by atoms with van der Waals surface area (Å²) in [4.78, 5) is 14.2. The smallest absolute Gasteiger partial charge is 0.354 e. The number of carboxylic acids is 1. The van der Waals surface area contributed by atoms with Crippen LogP contribution in [-0.4, -0.2) is 22.2 Å². The second kappa shape index (κ2) is 3.17. The molecular weight excluding hydrogens is 184 g/mol. The van der Waals surface area contributed by atoms with Gasteiger partial charge < -0.3 is 15.6 Å². The van der Waals surface area contributed by atoms with Crippen LogP contribution in [-0.2, 0) is 0 Å². The predicted molar refractivity (Wildman–Crippen MR) is 49.3 cm³/mol. The maximum atomic E-state index is 10.5. The zero-order chi connectivity index (χ0) is 10.1. The topological polar surface area (TPSA) is 85.4 Å². The molecule has 0 atom stereocenters. The molecule has 14 heavy (non-hydrogen) atoms. The van der Waals surface area contributed by atoms with Gasteiger partial charge in [0.25, 0.3) is 0 Å². The highest BCUT2D eigenvalue weighted by molar-refractivity contribution is 5.86. The van der Waals surface area contributed by atoms with E-state index in [9.17, 15) is 4.79 Å². The molecule has 1 aliphatic carbocycles. The van der Waals surface area contributed by atoms with Crippen LogP contribution in [0.4, 0.5) is 5.82 Å². The molecule has 0 aliphatic heterocycles. The molecule has 1 fully saturated rings. The first-order chi connectivity index (χ1) is 6.66. The van der Waals surface area contributed by atoms with Crippen LogP contribution in [0.25, 0.3) is 0 Å². The number of hydrogen-bond donors (Lipinski definition) is 2. The van der Waals surface area contributed by atoms with Crippen LogP contribution in [0.2, 0.25) is 0 Å². The molecule has 0 bridgehead atoms. The largest absolute Gasteiger partial charge is 0.487 e. The number of nitrogens with two attached hydrogens (primary N) is 1. The van der Waals surface area contributed by atoms with Gasteiger partial charge in [0.2, 0.25) is 0 Å². The Labute approximate surface area is 80.5 Å². The lowest BCUT2D eigenvalue weighted by molar-refractivity contribution is 0.0690. The van der Waals surface area contributed by atoms with Crippen molar-refractivity contribution in [3.05, 3.63) is 17.8 Å². The quantitative estimate of drug-likeness (QED) is 0.746. The molecule has 0 saturated heterocycles. The van der Waals surface area contributed by atoms with Crippen LogP contribution in [0.5, 0.6) is 5.75 Å². The predicted octanol–water partition coefficient (Wildman–Crippen LogP) is 0.903. The molecule has 2 rings (SSSR count). The van der Waals surface area contributed by atoms with Gasteiger partial charge in [0, 0.05) is 0 Å². The van der Waals surface area contributed by atoms with Gasteiger partial charge in [-0.05, 0) is 25.0 Å². The van der Waals surface area contributed by atoms with Gasteiger partial charge >= 0.3 is 5.97 Å². The molecule has 5 nitrogen and oxygen atoms in total. The van der Waals surface area contributed by atoms with E-state index in [0.29, 0.717) is 5.75 Å². The van der Waals surface area contributed by atoms with Crippen LogP contribution < -0.4 is 10.5 Å². The average molecular weight is 194 g/mol. The van der Waals surface area contributed by atoms with Crippen molar-refractivity contribution in [3.8, 4) is 5.75 Å². The lowest BCUT2D eigenvalue weighted by Gasteiger charge is -2.06. The van der Waals surface area contributed by atoms with E-state index in [1.807, 2.05) is 0 Å². The molecule has 3 N–H and O–H groups in total. The minimum Gasteiger partial charge on any atom is -0.487 e. The van der Waals surface area contributed by atoms with Gasteiger partial charge in [-0.3, -0.25) is 0 Å². The van der Waals surface area contributed by atoms with Crippen molar-refractivity contribution in [1.82, 2.24) is 4.98 Å². The zero-order valence-electron chi connectivity index (χ0n) is 7.43. The number of carbonyl (C=O) groups is 1. The highest BCUT2D eigenvalue weighted by Gasteiger charge is 2.24. The molecule has 1 aromatic heterocycles. The van der Waals surface area contributed by atoms with Gasteiger partial charge in [0.05, 0.1) is 6.10 Å². The molecule has 0 spiro atoms. The van der Waals surface area contributed by atoms with E-state index in [1.165, 1.54) is 6.07 Å². The van der Waals surface area contributed by atoms with E-state index in [1.54, 1.807) is 6.07 Å².